The lowest BCUT2D eigenvalue weighted by molar-refractivity contribution is 0.527. The molecular formula is C14H17ClFN3. The largest absolute Gasteiger partial charge is 0.310 e. The lowest BCUT2D eigenvalue weighted by Gasteiger charge is -2.17. The van der Waals surface area contributed by atoms with Gasteiger partial charge in [0.1, 0.15) is 5.82 Å². The molecule has 0 fully saturated rings. The van der Waals surface area contributed by atoms with Gasteiger partial charge in [-0.15, -0.1) is 0 Å². The molecule has 2 rings (SSSR count). The average Bonchev–Trinajstić information content (AvgIpc) is 2.80. The maximum Gasteiger partial charge on any atom is 0.126 e. The van der Waals surface area contributed by atoms with Crippen LogP contribution in [0.2, 0.25) is 5.02 Å². The maximum absolute atomic E-state index is 13.8. The number of aryl methyl sites for hydroxylation is 1. The standard InChI is InChI=1S/C14H17ClFN3/c1-3-17-14(11-8-18-19(2)9-11)7-10-6-12(15)4-5-13(10)16/h4-6,8-9,14,17H,3,7H2,1-2H3. The molecule has 19 heavy (non-hydrogen) atoms. The van der Waals surface area contributed by atoms with Gasteiger partial charge in [-0.3, -0.25) is 4.68 Å². The third-order valence-corrected chi connectivity index (χ3v) is 3.24. The minimum atomic E-state index is -0.226. The zero-order chi connectivity index (χ0) is 13.8. The summed E-state index contributed by atoms with van der Waals surface area (Å²) in [5.74, 6) is -0.226. The van der Waals surface area contributed by atoms with Gasteiger partial charge in [0.15, 0.2) is 0 Å². The van der Waals surface area contributed by atoms with Crippen molar-refractivity contribution in [1.29, 1.82) is 0 Å². The minimum absolute atomic E-state index is 0.0340. The van der Waals surface area contributed by atoms with Gasteiger partial charge in [0.2, 0.25) is 0 Å². The number of nitrogens with zero attached hydrogens (tertiary/aromatic N) is 2. The summed E-state index contributed by atoms with van der Waals surface area (Å²) in [6.45, 7) is 2.83. The number of halogens is 2. The zero-order valence-electron chi connectivity index (χ0n) is 11.0. The van der Waals surface area contributed by atoms with Crippen LogP contribution in [-0.4, -0.2) is 16.3 Å². The first-order valence-corrected chi connectivity index (χ1v) is 6.63. The Balaban J connectivity index is 2.23. The van der Waals surface area contributed by atoms with Crippen LogP contribution in [0.3, 0.4) is 0 Å². The number of rotatable bonds is 5. The SMILES string of the molecule is CCNC(Cc1cc(Cl)ccc1F)c1cnn(C)c1. The van der Waals surface area contributed by atoms with Crippen molar-refractivity contribution in [2.24, 2.45) is 7.05 Å². The number of likely N-dealkylation sites (N-methyl/N-ethyl adjacent to an activating group) is 1. The highest BCUT2D eigenvalue weighted by molar-refractivity contribution is 6.30. The number of hydrogen-bond acceptors (Lipinski definition) is 2. The Kier molecular flexibility index (Phi) is 4.56. The number of aromatic nitrogens is 2. The second-order valence-electron chi connectivity index (χ2n) is 4.50. The van der Waals surface area contributed by atoms with Gasteiger partial charge in [-0.25, -0.2) is 4.39 Å². The van der Waals surface area contributed by atoms with Crippen molar-refractivity contribution < 1.29 is 4.39 Å². The lowest BCUT2D eigenvalue weighted by Crippen LogP contribution is -2.23. The first kappa shape index (κ1) is 14.0. The highest BCUT2D eigenvalue weighted by Crippen LogP contribution is 2.22. The molecule has 1 N–H and O–H groups in total. The Morgan fingerprint density at radius 3 is 2.89 bits per heavy atom. The van der Waals surface area contributed by atoms with Gasteiger partial charge in [-0.2, -0.15) is 5.10 Å². The topological polar surface area (TPSA) is 29.9 Å². The summed E-state index contributed by atoms with van der Waals surface area (Å²) in [7, 11) is 1.87. The van der Waals surface area contributed by atoms with E-state index in [1.165, 1.54) is 6.07 Å². The van der Waals surface area contributed by atoms with Crippen LogP contribution in [0.1, 0.15) is 24.1 Å². The Hall–Kier alpha value is -1.39. The molecule has 0 saturated carbocycles. The van der Waals surface area contributed by atoms with Crippen LogP contribution in [-0.2, 0) is 13.5 Å². The summed E-state index contributed by atoms with van der Waals surface area (Å²) in [6, 6.07) is 4.68. The van der Waals surface area contributed by atoms with Crippen molar-refractivity contribution in [2.45, 2.75) is 19.4 Å². The van der Waals surface area contributed by atoms with E-state index in [4.69, 9.17) is 11.6 Å². The second kappa shape index (κ2) is 6.17. The van der Waals surface area contributed by atoms with E-state index in [1.54, 1.807) is 23.0 Å². The van der Waals surface area contributed by atoms with Crippen molar-refractivity contribution in [3.05, 3.63) is 52.6 Å². The average molecular weight is 282 g/mol. The molecule has 102 valence electrons. The van der Waals surface area contributed by atoms with E-state index in [-0.39, 0.29) is 11.9 Å². The Morgan fingerprint density at radius 1 is 1.47 bits per heavy atom. The van der Waals surface area contributed by atoms with Crippen molar-refractivity contribution in [2.75, 3.05) is 6.54 Å². The van der Waals surface area contributed by atoms with Crippen molar-refractivity contribution in [1.82, 2.24) is 15.1 Å². The summed E-state index contributed by atoms with van der Waals surface area (Å²) in [6.07, 6.45) is 4.29. The predicted molar refractivity (Wildman–Crippen MR) is 74.7 cm³/mol. The molecule has 0 aliphatic rings. The van der Waals surface area contributed by atoms with Crippen molar-refractivity contribution in [3.63, 3.8) is 0 Å². The molecule has 2 aromatic rings. The van der Waals surface area contributed by atoms with Gasteiger partial charge in [0.25, 0.3) is 0 Å². The van der Waals surface area contributed by atoms with Gasteiger partial charge in [-0.1, -0.05) is 18.5 Å². The molecule has 0 aliphatic carbocycles. The normalized spacial score (nSPS) is 12.6. The van der Waals surface area contributed by atoms with Crippen molar-refractivity contribution >= 4 is 11.6 Å². The van der Waals surface area contributed by atoms with Gasteiger partial charge in [0, 0.05) is 29.9 Å². The summed E-state index contributed by atoms with van der Waals surface area (Å²) < 4.78 is 15.5. The summed E-state index contributed by atoms with van der Waals surface area (Å²) in [5.41, 5.74) is 1.66. The van der Waals surface area contributed by atoms with E-state index >= 15 is 0 Å². The molecule has 0 amide bonds. The molecule has 0 radical (unpaired) electrons. The fourth-order valence-corrected chi connectivity index (χ4v) is 2.29. The fraction of sp³-hybridized carbons (Fsp3) is 0.357. The van der Waals surface area contributed by atoms with Gasteiger partial charge < -0.3 is 5.32 Å². The first-order valence-electron chi connectivity index (χ1n) is 6.26. The molecule has 1 heterocycles. The molecule has 0 aliphatic heterocycles. The van der Waals surface area contributed by atoms with Crippen LogP contribution in [0.4, 0.5) is 4.39 Å². The Bertz CT molecular complexity index is 553. The molecule has 0 spiro atoms. The van der Waals surface area contributed by atoms with E-state index in [0.29, 0.717) is 17.0 Å². The molecular weight excluding hydrogens is 265 g/mol. The third-order valence-electron chi connectivity index (χ3n) is 3.01. The molecule has 1 atom stereocenters. The van der Waals surface area contributed by atoms with Crippen LogP contribution in [0.25, 0.3) is 0 Å². The van der Waals surface area contributed by atoms with Crippen LogP contribution in [0.5, 0.6) is 0 Å². The second-order valence-corrected chi connectivity index (χ2v) is 4.93. The first-order chi connectivity index (χ1) is 9.10. The summed E-state index contributed by atoms with van der Waals surface area (Å²) in [5, 5.41) is 8.06. The quantitative estimate of drug-likeness (QED) is 0.913. The van der Waals surface area contributed by atoms with Crippen LogP contribution in [0, 0.1) is 5.82 Å². The fourth-order valence-electron chi connectivity index (χ4n) is 2.09. The molecule has 1 aromatic carbocycles. The molecule has 3 nitrogen and oxygen atoms in total. The number of nitrogens with one attached hydrogen (secondary N) is 1. The zero-order valence-corrected chi connectivity index (χ0v) is 11.8. The van der Waals surface area contributed by atoms with E-state index < -0.39 is 0 Å². The van der Waals surface area contributed by atoms with Crippen LogP contribution in [0.15, 0.2) is 30.6 Å². The van der Waals surface area contributed by atoms with Gasteiger partial charge >= 0.3 is 0 Å². The van der Waals surface area contributed by atoms with Gasteiger partial charge in [-0.05, 0) is 36.7 Å². The smallest absolute Gasteiger partial charge is 0.126 e. The van der Waals surface area contributed by atoms with E-state index in [0.717, 1.165) is 12.1 Å². The van der Waals surface area contributed by atoms with Gasteiger partial charge in [0.05, 0.1) is 6.20 Å². The highest BCUT2D eigenvalue weighted by Gasteiger charge is 2.15. The highest BCUT2D eigenvalue weighted by atomic mass is 35.5. The molecule has 1 unspecified atom stereocenters. The molecule has 5 heteroatoms. The Morgan fingerprint density at radius 2 is 2.26 bits per heavy atom. The van der Waals surface area contributed by atoms with E-state index in [9.17, 15) is 4.39 Å². The molecule has 0 bridgehead atoms. The third kappa shape index (κ3) is 3.55. The van der Waals surface area contributed by atoms with Crippen LogP contribution >= 0.6 is 11.6 Å². The van der Waals surface area contributed by atoms with Crippen LogP contribution < -0.4 is 5.32 Å². The summed E-state index contributed by atoms with van der Waals surface area (Å²) in [4.78, 5) is 0. The lowest BCUT2D eigenvalue weighted by atomic mass is 10.0. The van der Waals surface area contributed by atoms with E-state index in [1.807, 2.05) is 20.2 Å². The van der Waals surface area contributed by atoms with Crippen molar-refractivity contribution in [3.8, 4) is 0 Å². The number of hydrogen-bond donors (Lipinski definition) is 1. The number of benzene rings is 1. The van der Waals surface area contributed by atoms with E-state index in [2.05, 4.69) is 10.4 Å². The Labute approximate surface area is 117 Å². The molecule has 1 aromatic heterocycles. The minimum Gasteiger partial charge on any atom is -0.310 e. The molecule has 0 saturated heterocycles. The monoisotopic (exact) mass is 281 g/mol. The summed E-state index contributed by atoms with van der Waals surface area (Å²) >= 11 is 5.92. The maximum atomic E-state index is 13.8. The predicted octanol–water partition coefficient (Wildman–Crippen LogP) is 3.11.